The topological polar surface area (TPSA) is 61.8 Å². The Bertz CT molecular complexity index is 288. The summed E-state index contributed by atoms with van der Waals surface area (Å²) in [6.07, 6.45) is 0. The summed E-state index contributed by atoms with van der Waals surface area (Å²) in [5.41, 5.74) is -0.544. The third kappa shape index (κ3) is 5.22. The van der Waals surface area contributed by atoms with Crippen molar-refractivity contribution in [3.05, 3.63) is 0 Å². The van der Waals surface area contributed by atoms with Crippen molar-refractivity contribution in [2.24, 2.45) is 0 Å². The Balaban J connectivity index is 4.82. The van der Waals surface area contributed by atoms with Gasteiger partial charge in [0, 0.05) is 27.3 Å². The van der Waals surface area contributed by atoms with Crippen LogP contribution in [0.1, 0.15) is 27.7 Å². The molecule has 1 unspecified atom stereocenters. The summed E-state index contributed by atoms with van der Waals surface area (Å²) < 4.78 is 15.4. The predicted octanol–water partition coefficient (Wildman–Crippen LogP) is 1.48. The molecule has 16 heavy (non-hydrogen) atoms. The summed E-state index contributed by atoms with van der Waals surface area (Å²) in [6, 6.07) is 0. The zero-order valence-corrected chi connectivity index (χ0v) is 11.8. The van der Waals surface area contributed by atoms with Crippen molar-refractivity contribution in [1.82, 2.24) is 0 Å². The predicted molar refractivity (Wildman–Crippen MR) is 64.0 cm³/mol. The zero-order valence-electron chi connectivity index (χ0n) is 10.0. The molecule has 0 heterocycles. The van der Waals surface area contributed by atoms with E-state index in [1.807, 2.05) is 0 Å². The van der Waals surface area contributed by atoms with Gasteiger partial charge in [0.15, 0.2) is 10.8 Å². The fraction of sp³-hybridized carbons (Fsp3) is 0.667. The fourth-order valence-electron chi connectivity index (χ4n) is 1.11. The molecule has 0 aromatic rings. The van der Waals surface area contributed by atoms with E-state index in [-0.39, 0.29) is 0 Å². The number of ether oxygens (including phenoxy) is 1. The van der Waals surface area contributed by atoms with Crippen molar-refractivity contribution < 1.29 is 23.2 Å². The van der Waals surface area contributed by atoms with Gasteiger partial charge in [-0.05, 0) is 19.1 Å². The van der Waals surface area contributed by atoms with Gasteiger partial charge in [-0.15, -0.1) is 0 Å². The van der Waals surface area contributed by atoms with Crippen LogP contribution >= 0.6 is 12.2 Å². The largest absolute Gasteiger partial charge is 0.503 e. The summed E-state index contributed by atoms with van der Waals surface area (Å²) >= 11 is 4.79. The highest BCUT2D eigenvalue weighted by Crippen LogP contribution is 2.16. The van der Waals surface area contributed by atoms with Crippen LogP contribution in [0.3, 0.4) is 0 Å². The maximum absolute atomic E-state index is 11.0. The molecule has 0 radical (unpaired) electrons. The second-order valence-electron chi connectivity index (χ2n) is 3.45. The molecule has 0 aliphatic heterocycles. The molecule has 92 valence electrons. The third-order valence-electron chi connectivity index (χ3n) is 1.77. The highest BCUT2D eigenvalue weighted by Gasteiger charge is 2.46. The van der Waals surface area contributed by atoms with Crippen LogP contribution in [0.4, 0.5) is 0 Å². The van der Waals surface area contributed by atoms with Gasteiger partial charge in [0.05, 0.1) is 0 Å². The quantitative estimate of drug-likeness (QED) is 0.566. The number of hydrogen-bond acceptors (Lipinski definition) is 6. The molecule has 0 amide bonds. The molecule has 1 atom stereocenters. The normalized spacial score (nSPS) is 12.6. The maximum Gasteiger partial charge on any atom is 0.503 e. The minimum absolute atomic E-state index is 0.311. The lowest BCUT2D eigenvalue weighted by atomic mass is 10.8. The average Bonchev–Trinajstić information content (AvgIpc) is 1.98. The monoisotopic (exact) mass is 264 g/mol. The molecule has 0 aromatic heterocycles. The van der Waals surface area contributed by atoms with Gasteiger partial charge in [-0.2, -0.15) is 0 Å². The van der Waals surface area contributed by atoms with Gasteiger partial charge in [0.1, 0.15) is 0 Å². The fourth-order valence-corrected chi connectivity index (χ4v) is 3.25. The SMILES string of the molecule is CC(=O)O[Si](C)(OC(C)=O)C(C)OC(C)=S. The Hall–Kier alpha value is -0.953. The maximum atomic E-state index is 11.0. The number of hydrogen-bond donors (Lipinski definition) is 0. The molecule has 0 rings (SSSR count). The Morgan fingerprint density at radius 1 is 1.12 bits per heavy atom. The number of carbonyl (C=O) groups excluding carboxylic acids is 2. The second-order valence-corrected chi connectivity index (χ2v) is 7.28. The Morgan fingerprint density at radius 2 is 1.50 bits per heavy atom. The van der Waals surface area contributed by atoms with Gasteiger partial charge in [-0.1, -0.05) is 0 Å². The summed E-state index contributed by atoms with van der Waals surface area (Å²) in [4.78, 5) is 21.9. The van der Waals surface area contributed by atoms with Gasteiger partial charge in [-0.25, -0.2) is 0 Å². The van der Waals surface area contributed by atoms with Crippen LogP contribution in [0.2, 0.25) is 6.55 Å². The highest BCUT2D eigenvalue weighted by molar-refractivity contribution is 7.80. The Morgan fingerprint density at radius 3 is 1.75 bits per heavy atom. The van der Waals surface area contributed by atoms with E-state index >= 15 is 0 Å². The molecular formula is C9H16O5SSi. The molecule has 0 saturated heterocycles. The molecule has 0 aliphatic rings. The summed E-state index contributed by atoms with van der Waals surface area (Å²) in [5.74, 6) is -1.01. The lowest BCUT2D eigenvalue weighted by molar-refractivity contribution is -0.139. The molecule has 0 aromatic carbocycles. The van der Waals surface area contributed by atoms with Gasteiger partial charge in [-0.3, -0.25) is 9.59 Å². The number of rotatable bonds is 4. The van der Waals surface area contributed by atoms with Gasteiger partial charge < -0.3 is 13.6 Å². The van der Waals surface area contributed by atoms with Crippen molar-refractivity contribution in [2.45, 2.75) is 40.0 Å². The summed E-state index contributed by atoms with van der Waals surface area (Å²) in [5, 5.41) is 0.311. The first-order valence-corrected chi connectivity index (χ1v) is 7.54. The summed E-state index contributed by atoms with van der Waals surface area (Å²) in [6.45, 7) is 7.35. The lowest BCUT2D eigenvalue weighted by Crippen LogP contribution is -2.53. The second kappa shape index (κ2) is 5.95. The molecule has 0 fully saturated rings. The van der Waals surface area contributed by atoms with Crippen molar-refractivity contribution in [2.75, 3.05) is 0 Å². The third-order valence-corrected chi connectivity index (χ3v) is 4.85. The Labute approximate surface area is 101 Å². The van der Waals surface area contributed by atoms with E-state index in [1.165, 1.54) is 13.8 Å². The molecule has 0 saturated carbocycles. The van der Waals surface area contributed by atoms with Crippen LogP contribution < -0.4 is 0 Å². The highest BCUT2D eigenvalue weighted by atomic mass is 32.1. The molecule has 0 bridgehead atoms. The van der Waals surface area contributed by atoms with E-state index in [0.29, 0.717) is 5.05 Å². The molecule has 5 nitrogen and oxygen atoms in total. The van der Waals surface area contributed by atoms with Crippen LogP contribution in [0.5, 0.6) is 0 Å². The first kappa shape index (κ1) is 15.0. The minimum atomic E-state index is -3.05. The molecule has 0 aliphatic carbocycles. The van der Waals surface area contributed by atoms with Gasteiger partial charge >= 0.3 is 8.56 Å². The van der Waals surface area contributed by atoms with E-state index < -0.39 is 26.2 Å². The Kier molecular flexibility index (Phi) is 5.60. The van der Waals surface area contributed by atoms with E-state index in [9.17, 15) is 9.59 Å². The van der Waals surface area contributed by atoms with Gasteiger partial charge in [0.25, 0.3) is 11.9 Å². The molecule has 0 spiro atoms. The van der Waals surface area contributed by atoms with Gasteiger partial charge in [0.2, 0.25) is 0 Å². The molecular weight excluding hydrogens is 248 g/mol. The summed E-state index contributed by atoms with van der Waals surface area (Å²) in [7, 11) is -3.05. The first-order chi connectivity index (χ1) is 7.17. The number of carbonyl (C=O) groups is 2. The average molecular weight is 264 g/mol. The van der Waals surface area contributed by atoms with E-state index in [0.717, 1.165) is 0 Å². The molecule has 7 heteroatoms. The van der Waals surface area contributed by atoms with E-state index in [2.05, 4.69) is 0 Å². The first-order valence-electron chi connectivity index (χ1n) is 4.73. The van der Waals surface area contributed by atoms with Crippen molar-refractivity contribution in [3.8, 4) is 0 Å². The zero-order chi connectivity index (χ0) is 12.9. The van der Waals surface area contributed by atoms with Crippen LogP contribution in [0.15, 0.2) is 0 Å². The smallest absolute Gasteiger partial charge is 0.483 e. The lowest BCUT2D eigenvalue weighted by Gasteiger charge is -2.30. The van der Waals surface area contributed by atoms with Crippen LogP contribution in [-0.4, -0.2) is 31.3 Å². The van der Waals surface area contributed by atoms with E-state index in [1.54, 1.807) is 20.4 Å². The van der Waals surface area contributed by atoms with Crippen LogP contribution in [0.25, 0.3) is 0 Å². The molecule has 0 N–H and O–H groups in total. The standard InChI is InChI=1S/C9H16O5SSi/c1-6(10)13-16(5,14-7(2)11)9(4)12-8(3)15/h9H,1-5H3. The minimum Gasteiger partial charge on any atom is -0.483 e. The van der Waals surface area contributed by atoms with Crippen LogP contribution in [0, 0.1) is 0 Å². The van der Waals surface area contributed by atoms with Crippen molar-refractivity contribution >= 4 is 37.8 Å². The van der Waals surface area contributed by atoms with Crippen molar-refractivity contribution in [1.29, 1.82) is 0 Å². The van der Waals surface area contributed by atoms with Crippen molar-refractivity contribution in [3.63, 3.8) is 0 Å². The number of thiocarbonyl (C=S) groups is 1. The van der Waals surface area contributed by atoms with Crippen LogP contribution in [-0.2, 0) is 23.2 Å². The van der Waals surface area contributed by atoms with E-state index in [4.69, 9.17) is 25.8 Å².